The quantitative estimate of drug-likeness (QED) is 0.816. The monoisotopic (exact) mass is 322 g/mol. The minimum Gasteiger partial charge on any atom is -0.385 e. The normalized spacial score (nSPS) is 10.3. The highest BCUT2D eigenvalue weighted by Crippen LogP contribution is 2.25. The number of nitrogens with zero attached hydrogens (tertiary/aromatic N) is 1. The fourth-order valence-electron chi connectivity index (χ4n) is 1.59. The van der Waals surface area contributed by atoms with Crippen molar-refractivity contribution in [1.82, 2.24) is 4.98 Å². The maximum Gasteiger partial charge on any atom is 0.0526 e. The molecule has 0 aliphatic carbocycles. The van der Waals surface area contributed by atoms with E-state index < -0.39 is 0 Å². The smallest absolute Gasteiger partial charge is 0.0526 e. The molecule has 1 N–H and O–H groups in total. The zero-order valence-corrected chi connectivity index (χ0v) is 12.6. The third-order valence-corrected chi connectivity index (χ3v) is 3.90. The third kappa shape index (κ3) is 4.03. The minimum absolute atomic E-state index is 0.885. The summed E-state index contributed by atoms with van der Waals surface area (Å²) in [7, 11) is 0. The van der Waals surface area contributed by atoms with Gasteiger partial charge in [0.2, 0.25) is 0 Å². The van der Waals surface area contributed by atoms with Gasteiger partial charge in [-0.15, -0.1) is 11.8 Å². The van der Waals surface area contributed by atoms with Gasteiger partial charge in [-0.05, 0) is 37.3 Å². The van der Waals surface area contributed by atoms with E-state index in [1.165, 1.54) is 4.90 Å². The summed E-state index contributed by atoms with van der Waals surface area (Å²) in [4.78, 5) is 5.64. The predicted octanol–water partition coefficient (Wildman–Crippen LogP) is 4.57. The zero-order valence-electron chi connectivity index (χ0n) is 10.2. The van der Waals surface area contributed by atoms with Crippen LogP contribution in [0.2, 0.25) is 0 Å². The SMILES string of the molecule is CCNc1ccnc(CSc2cccc(Br)c2)c1. The molecular weight excluding hydrogens is 308 g/mol. The van der Waals surface area contributed by atoms with Crippen LogP contribution in [0.1, 0.15) is 12.6 Å². The van der Waals surface area contributed by atoms with Crippen molar-refractivity contribution in [3.63, 3.8) is 0 Å². The topological polar surface area (TPSA) is 24.9 Å². The van der Waals surface area contributed by atoms with Gasteiger partial charge < -0.3 is 5.32 Å². The molecule has 2 rings (SSSR count). The van der Waals surface area contributed by atoms with Crippen LogP contribution in [0.15, 0.2) is 52.0 Å². The number of benzene rings is 1. The van der Waals surface area contributed by atoms with Gasteiger partial charge in [0.25, 0.3) is 0 Å². The summed E-state index contributed by atoms with van der Waals surface area (Å²) in [5, 5.41) is 3.30. The predicted molar refractivity (Wildman–Crippen MR) is 82.1 cm³/mol. The summed E-state index contributed by atoms with van der Waals surface area (Å²) in [5.41, 5.74) is 2.23. The molecule has 0 spiro atoms. The molecule has 0 saturated heterocycles. The van der Waals surface area contributed by atoms with Crippen molar-refractivity contribution < 1.29 is 0 Å². The largest absolute Gasteiger partial charge is 0.385 e. The number of anilines is 1. The number of hydrogen-bond donors (Lipinski definition) is 1. The van der Waals surface area contributed by atoms with E-state index >= 15 is 0 Å². The number of thioether (sulfide) groups is 1. The van der Waals surface area contributed by atoms with Crippen LogP contribution in [0.4, 0.5) is 5.69 Å². The van der Waals surface area contributed by atoms with E-state index in [1.807, 2.05) is 18.3 Å². The molecule has 1 heterocycles. The first-order valence-electron chi connectivity index (χ1n) is 5.85. The van der Waals surface area contributed by atoms with Crippen LogP contribution in [0.5, 0.6) is 0 Å². The summed E-state index contributed by atoms with van der Waals surface area (Å²) < 4.78 is 1.11. The van der Waals surface area contributed by atoms with Crippen molar-refractivity contribution >= 4 is 33.4 Å². The average molecular weight is 323 g/mol. The number of nitrogens with one attached hydrogen (secondary N) is 1. The second kappa shape index (κ2) is 6.81. The maximum absolute atomic E-state index is 4.39. The lowest BCUT2D eigenvalue weighted by Gasteiger charge is -2.06. The summed E-state index contributed by atoms with van der Waals surface area (Å²) in [6, 6.07) is 12.4. The van der Waals surface area contributed by atoms with E-state index in [0.29, 0.717) is 0 Å². The van der Waals surface area contributed by atoms with Gasteiger partial charge in [0.1, 0.15) is 0 Å². The van der Waals surface area contributed by atoms with E-state index in [2.05, 4.69) is 57.4 Å². The Hall–Kier alpha value is -1.00. The maximum atomic E-state index is 4.39. The highest BCUT2D eigenvalue weighted by atomic mass is 79.9. The number of rotatable bonds is 5. The number of halogens is 1. The van der Waals surface area contributed by atoms with Crippen LogP contribution < -0.4 is 5.32 Å². The van der Waals surface area contributed by atoms with Gasteiger partial charge in [-0.3, -0.25) is 4.98 Å². The highest BCUT2D eigenvalue weighted by molar-refractivity contribution is 9.10. The fraction of sp³-hybridized carbons (Fsp3) is 0.214. The van der Waals surface area contributed by atoms with Gasteiger partial charge in [-0.2, -0.15) is 0 Å². The molecule has 18 heavy (non-hydrogen) atoms. The zero-order chi connectivity index (χ0) is 12.8. The Kier molecular flexibility index (Phi) is 5.08. The lowest BCUT2D eigenvalue weighted by Crippen LogP contribution is -1.97. The van der Waals surface area contributed by atoms with Gasteiger partial charge >= 0.3 is 0 Å². The van der Waals surface area contributed by atoms with Crippen LogP contribution in [0.25, 0.3) is 0 Å². The Balaban J connectivity index is 1.99. The van der Waals surface area contributed by atoms with Crippen LogP contribution in [-0.4, -0.2) is 11.5 Å². The average Bonchev–Trinajstić information content (AvgIpc) is 2.37. The minimum atomic E-state index is 0.885. The molecule has 2 nitrogen and oxygen atoms in total. The summed E-state index contributed by atoms with van der Waals surface area (Å²) in [6.07, 6.45) is 1.86. The van der Waals surface area contributed by atoms with Crippen molar-refractivity contribution in [2.75, 3.05) is 11.9 Å². The molecule has 0 saturated carbocycles. The lowest BCUT2D eigenvalue weighted by atomic mass is 10.3. The van der Waals surface area contributed by atoms with E-state index in [9.17, 15) is 0 Å². The lowest BCUT2D eigenvalue weighted by molar-refractivity contribution is 1.15. The third-order valence-electron chi connectivity index (χ3n) is 2.38. The molecule has 0 radical (unpaired) electrons. The van der Waals surface area contributed by atoms with Gasteiger partial charge in [0.05, 0.1) is 5.69 Å². The van der Waals surface area contributed by atoms with E-state index in [0.717, 1.165) is 28.2 Å². The van der Waals surface area contributed by atoms with Crippen molar-refractivity contribution in [1.29, 1.82) is 0 Å². The molecule has 0 amide bonds. The van der Waals surface area contributed by atoms with Gasteiger partial charge in [0, 0.05) is 33.6 Å². The van der Waals surface area contributed by atoms with Crippen molar-refractivity contribution in [2.45, 2.75) is 17.6 Å². The Morgan fingerprint density at radius 1 is 1.28 bits per heavy atom. The molecular formula is C14H15BrN2S. The molecule has 0 fully saturated rings. The molecule has 0 unspecified atom stereocenters. The molecule has 2 aromatic rings. The molecule has 0 aliphatic rings. The molecule has 94 valence electrons. The fourth-order valence-corrected chi connectivity index (χ4v) is 2.99. The van der Waals surface area contributed by atoms with E-state index in [1.54, 1.807) is 11.8 Å². The van der Waals surface area contributed by atoms with Crippen LogP contribution >= 0.6 is 27.7 Å². The first kappa shape index (κ1) is 13.4. The van der Waals surface area contributed by atoms with Crippen molar-refractivity contribution in [3.05, 3.63) is 52.8 Å². The van der Waals surface area contributed by atoms with Gasteiger partial charge in [0.15, 0.2) is 0 Å². The summed E-state index contributed by atoms with van der Waals surface area (Å²) in [5.74, 6) is 0.885. The van der Waals surface area contributed by atoms with Crippen molar-refractivity contribution in [2.24, 2.45) is 0 Å². The first-order valence-corrected chi connectivity index (χ1v) is 7.63. The summed E-state index contributed by atoms with van der Waals surface area (Å²) in [6.45, 7) is 3.03. The van der Waals surface area contributed by atoms with E-state index in [4.69, 9.17) is 0 Å². The Labute approximate surface area is 120 Å². The van der Waals surface area contributed by atoms with E-state index in [-0.39, 0.29) is 0 Å². The molecule has 0 aliphatic heterocycles. The second-order valence-corrected chi connectivity index (χ2v) is 5.78. The van der Waals surface area contributed by atoms with Gasteiger partial charge in [-0.25, -0.2) is 0 Å². The Bertz CT molecular complexity index is 517. The molecule has 0 bridgehead atoms. The Morgan fingerprint density at radius 2 is 2.17 bits per heavy atom. The second-order valence-electron chi connectivity index (χ2n) is 3.81. The van der Waals surface area contributed by atoms with Crippen molar-refractivity contribution in [3.8, 4) is 0 Å². The Morgan fingerprint density at radius 3 is 2.94 bits per heavy atom. The number of aromatic nitrogens is 1. The van der Waals surface area contributed by atoms with Crippen LogP contribution in [0.3, 0.4) is 0 Å². The first-order chi connectivity index (χ1) is 8.78. The summed E-state index contributed by atoms with van der Waals surface area (Å²) >= 11 is 5.28. The molecule has 4 heteroatoms. The standard InChI is InChI=1S/C14H15BrN2S/c1-2-16-12-6-7-17-13(9-12)10-18-14-5-3-4-11(15)8-14/h3-9H,2,10H2,1H3,(H,16,17). The van der Waals surface area contributed by atoms with Crippen LogP contribution in [0, 0.1) is 0 Å². The number of pyridine rings is 1. The highest BCUT2D eigenvalue weighted by Gasteiger charge is 1.99. The van der Waals surface area contributed by atoms with Crippen LogP contribution in [-0.2, 0) is 5.75 Å². The number of hydrogen-bond acceptors (Lipinski definition) is 3. The molecule has 1 aromatic carbocycles. The molecule has 1 aromatic heterocycles. The molecule has 0 atom stereocenters. The van der Waals surface area contributed by atoms with Gasteiger partial charge in [-0.1, -0.05) is 22.0 Å².